The Labute approximate surface area is 183 Å². The van der Waals surface area contributed by atoms with Crippen LogP contribution in [0.5, 0.6) is 0 Å². The lowest BCUT2D eigenvalue weighted by Crippen LogP contribution is -2.49. The van der Waals surface area contributed by atoms with Crippen LogP contribution in [0.1, 0.15) is 56.5 Å². The number of aromatic nitrogens is 1. The van der Waals surface area contributed by atoms with Crippen molar-refractivity contribution in [3.05, 3.63) is 53.0 Å². The number of amides is 1. The van der Waals surface area contributed by atoms with Gasteiger partial charge in [0, 0.05) is 22.7 Å². The van der Waals surface area contributed by atoms with E-state index in [9.17, 15) is 4.79 Å². The number of likely N-dealkylation sites (N-methyl/N-ethyl adjacent to an activating group) is 1. The zero-order valence-electron chi connectivity index (χ0n) is 17.9. The number of nitrogens with one attached hydrogen (secondary N) is 2. The average Bonchev–Trinajstić information content (AvgIpc) is 3.41. The lowest BCUT2D eigenvalue weighted by molar-refractivity contribution is -0.123. The van der Waals surface area contributed by atoms with E-state index in [4.69, 9.17) is 4.98 Å². The van der Waals surface area contributed by atoms with Gasteiger partial charge in [0.2, 0.25) is 5.91 Å². The minimum atomic E-state index is -0.208. The van der Waals surface area contributed by atoms with Crippen molar-refractivity contribution >= 4 is 17.2 Å². The Morgan fingerprint density at radius 3 is 2.73 bits per heavy atom. The molecule has 2 aromatic rings. The maximum Gasteiger partial charge on any atom is 0.237 e. The van der Waals surface area contributed by atoms with E-state index in [2.05, 4.69) is 51.8 Å². The summed E-state index contributed by atoms with van der Waals surface area (Å²) in [5.74, 6) is 0.0390. The highest BCUT2D eigenvalue weighted by Gasteiger charge is 2.39. The van der Waals surface area contributed by atoms with Crippen molar-refractivity contribution in [3.63, 3.8) is 0 Å². The Morgan fingerprint density at radius 1 is 1.20 bits per heavy atom. The molecule has 5 nitrogen and oxygen atoms in total. The number of fused-ring (bicyclic) bond motifs is 1. The highest BCUT2D eigenvalue weighted by atomic mass is 32.1. The van der Waals surface area contributed by atoms with Gasteiger partial charge in [-0.3, -0.25) is 4.79 Å². The van der Waals surface area contributed by atoms with Crippen molar-refractivity contribution in [2.24, 2.45) is 0 Å². The topological polar surface area (TPSA) is 57.3 Å². The Morgan fingerprint density at radius 2 is 1.97 bits per heavy atom. The molecule has 1 amide bonds. The molecule has 6 heteroatoms. The van der Waals surface area contributed by atoms with Crippen LogP contribution in [0.2, 0.25) is 0 Å². The molecule has 1 aromatic heterocycles. The highest BCUT2D eigenvalue weighted by Crippen LogP contribution is 2.44. The summed E-state index contributed by atoms with van der Waals surface area (Å²) in [7, 11) is 1.82. The molecular formula is C24H32N4OS. The first-order valence-electron chi connectivity index (χ1n) is 11.0. The van der Waals surface area contributed by atoms with Gasteiger partial charge in [0.05, 0.1) is 23.8 Å². The van der Waals surface area contributed by atoms with Crippen LogP contribution in [-0.2, 0) is 4.79 Å². The van der Waals surface area contributed by atoms with E-state index in [1.54, 1.807) is 11.3 Å². The standard InChI is InChI=1S/C24H32N4OS/c1-16(25-3)23(29)26-20-12-8-7-11-19-13-14-22(28(19)17(20)2)24-27-21(15-30-24)18-9-5-4-6-10-18/h4-6,9-10,15-16,19-20,22,25H,2,7-8,11-14H2,1,3H3,(H,26,29)/t16-,19-,20-,22-/m0/s1. The van der Waals surface area contributed by atoms with Crippen molar-refractivity contribution in [1.29, 1.82) is 0 Å². The van der Waals surface area contributed by atoms with Crippen LogP contribution in [0.4, 0.5) is 0 Å². The number of hydrogen-bond donors (Lipinski definition) is 2. The number of hydrogen-bond acceptors (Lipinski definition) is 5. The molecule has 1 aromatic carbocycles. The van der Waals surface area contributed by atoms with E-state index >= 15 is 0 Å². The summed E-state index contributed by atoms with van der Waals surface area (Å²) in [6.07, 6.45) is 6.73. The van der Waals surface area contributed by atoms with Crippen LogP contribution in [-0.4, -0.2) is 41.0 Å². The second-order valence-electron chi connectivity index (χ2n) is 8.44. The first-order valence-corrected chi connectivity index (χ1v) is 11.9. The number of nitrogens with zero attached hydrogens (tertiary/aromatic N) is 2. The van der Waals surface area contributed by atoms with E-state index in [0.717, 1.165) is 47.6 Å². The quantitative estimate of drug-likeness (QED) is 0.742. The molecule has 3 heterocycles. The average molecular weight is 425 g/mol. The predicted molar refractivity (Wildman–Crippen MR) is 123 cm³/mol. The van der Waals surface area contributed by atoms with E-state index < -0.39 is 0 Å². The van der Waals surface area contributed by atoms with Crippen LogP contribution in [0.3, 0.4) is 0 Å². The fourth-order valence-electron chi connectivity index (χ4n) is 4.68. The lowest BCUT2D eigenvalue weighted by atomic mass is 9.97. The molecule has 160 valence electrons. The number of carbonyl (C=O) groups is 1. The molecule has 2 N–H and O–H groups in total. The maximum atomic E-state index is 12.5. The van der Waals surface area contributed by atoms with Crippen LogP contribution in [0.25, 0.3) is 11.3 Å². The highest BCUT2D eigenvalue weighted by molar-refractivity contribution is 7.10. The van der Waals surface area contributed by atoms with Crippen LogP contribution in [0, 0.1) is 0 Å². The third kappa shape index (κ3) is 4.30. The normalized spacial score (nSPS) is 25.3. The zero-order valence-corrected chi connectivity index (χ0v) is 18.8. The van der Waals surface area contributed by atoms with E-state index in [-0.39, 0.29) is 24.0 Å². The number of carbonyl (C=O) groups excluding carboxylic acids is 1. The van der Waals surface area contributed by atoms with Gasteiger partial charge in [-0.25, -0.2) is 4.98 Å². The molecule has 2 aliphatic rings. The summed E-state index contributed by atoms with van der Waals surface area (Å²) in [5, 5.41) is 9.60. The van der Waals surface area contributed by atoms with Gasteiger partial charge in [-0.15, -0.1) is 11.3 Å². The third-order valence-electron chi connectivity index (χ3n) is 6.54. The zero-order chi connectivity index (χ0) is 21.1. The molecule has 0 saturated carbocycles. The van der Waals surface area contributed by atoms with Crippen LogP contribution < -0.4 is 10.6 Å². The molecule has 4 atom stereocenters. The first-order chi connectivity index (χ1) is 14.6. The van der Waals surface area contributed by atoms with Gasteiger partial charge in [-0.1, -0.05) is 49.8 Å². The summed E-state index contributed by atoms with van der Waals surface area (Å²) in [6, 6.07) is 10.9. The van der Waals surface area contributed by atoms with Crippen LogP contribution >= 0.6 is 11.3 Å². The SMILES string of the molecule is C=C1[C@@H](NC(=O)[C@H](C)NC)CCCC[C@H]2CC[C@@H](c3nc(-c4ccccc4)cs3)N12. The molecule has 4 rings (SSSR count). The summed E-state index contributed by atoms with van der Waals surface area (Å²) in [5.41, 5.74) is 3.26. The molecule has 0 radical (unpaired) electrons. The van der Waals surface area contributed by atoms with Gasteiger partial charge in [0.25, 0.3) is 0 Å². The van der Waals surface area contributed by atoms with E-state index in [0.29, 0.717) is 6.04 Å². The molecule has 0 aliphatic carbocycles. The molecule has 0 bridgehead atoms. The van der Waals surface area contributed by atoms with Crippen molar-refractivity contribution in [2.75, 3.05) is 7.05 Å². The smallest absolute Gasteiger partial charge is 0.237 e. The first kappa shape index (κ1) is 21.1. The second-order valence-corrected chi connectivity index (χ2v) is 9.33. The summed E-state index contributed by atoms with van der Waals surface area (Å²) >= 11 is 1.74. The van der Waals surface area contributed by atoms with Gasteiger partial charge >= 0.3 is 0 Å². The second kappa shape index (κ2) is 9.31. The fraction of sp³-hybridized carbons (Fsp3) is 0.500. The van der Waals surface area contributed by atoms with Gasteiger partial charge in [0.1, 0.15) is 5.01 Å². The minimum absolute atomic E-state index is 0.00902. The fourth-order valence-corrected chi connectivity index (χ4v) is 5.64. The van der Waals surface area contributed by atoms with E-state index in [1.165, 1.54) is 12.8 Å². The molecule has 2 aliphatic heterocycles. The minimum Gasteiger partial charge on any atom is -0.361 e. The summed E-state index contributed by atoms with van der Waals surface area (Å²) in [6.45, 7) is 6.38. The molecule has 30 heavy (non-hydrogen) atoms. The Bertz CT molecular complexity index is 880. The van der Waals surface area contributed by atoms with Crippen molar-refractivity contribution in [2.45, 2.75) is 69.6 Å². The van der Waals surface area contributed by atoms with Gasteiger partial charge < -0.3 is 15.5 Å². The van der Waals surface area contributed by atoms with Gasteiger partial charge in [-0.2, -0.15) is 0 Å². The third-order valence-corrected chi connectivity index (χ3v) is 7.48. The molecule has 0 unspecified atom stereocenters. The van der Waals surface area contributed by atoms with Crippen LogP contribution in [0.15, 0.2) is 48.0 Å². The monoisotopic (exact) mass is 424 g/mol. The Balaban J connectivity index is 1.56. The lowest BCUT2D eigenvalue weighted by Gasteiger charge is -2.39. The number of rotatable bonds is 5. The van der Waals surface area contributed by atoms with Crippen molar-refractivity contribution in [3.8, 4) is 11.3 Å². The van der Waals surface area contributed by atoms with Crippen molar-refractivity contribution < 1.29 is 4.79 Å². The molecule has 2 fully saturated rings. The Kier molecular flexibility index (Phi) is 6.54. The number of benzene rings is 1. The van der Waals surface area contributed by atoms with E-state index in [1.807, 2.05) is 20.0 Å². The number of thiazole rings is 1. The van der Waals surface area contributed by atoms with Gasteiger partial charge in [0.15, 0.2) is 0 Å². The van der Waals surface area contributed by atoms with Gasteiger partial charge in [-0.05, 0) is 39.7 Å². The molecule has 2 saturated heterocycles. The molecule has 0 spiro atoms. The Hall–Kier alpha value is -2.18. The predicted octanol–water partition coefficient (Wildman–Crippen LogP) is 4.50. The van der Waals surface area contributed by atoms with Crippen molar-refractivity contribution in [1.82, 2.24) is 20.5 Å². The largest absolute Gasteiger partial charge is 0.361 e. The summed E-state index contributed by atoms with van der Waals surface area (Å²) < 4.78 is 0. The maximum absolute atomic E-state index is 12.5. The summed E-state index contributed by atoms with van der Waals surface area (Å²) in [4.78, 5) is 20.0. The molecular weight excluding hydrogens is 392 g/mol.